The molecule has 2 aliphatic heterocycles. The molecular formula is C16H22N2OS. The summed E-state index contributed by atoms with van der Waals surface area (Å²) < 4.78 is 0. The highest BCUT2D eigenvalue weighted by Crippen LogP contribution is 2.52. The molecule has 0 saturated carbocycles. The first-order valence-corrected chi connectivity index (χ1v) is 8.01. The van der Waals surface area contributed by atoms with E-state index < -0.39 is 0 Å². The highest BCUT2D eigenvalue weighted by molar-refractivity contribution is 8.02. The van der Waals surface area contributed by atoms with Crippen LogP contribution in [0.15, 0.2) is 18.2 Å². The topological polar surface area (TPSA) is 32.3 Å². The van der Waals surface area contributed by atoms with Gasteiger partial charge in [0.25, 0.3) is 0 Å². The van der Waals surface area contributed by atoms with Gasteiger partial charge in [-0.25, -0.2) is 0 Å². The van der Waals surface area contributed by atoms with Crippen LogP contribution in [0.4, 0.5) is 11.4 Å². The van der Waals surface area contributed by atoms with Gasteiger partial charge in [0.2, 0.25) is 5.91 Å². The molecule has 1 N–H and O–H groups in total. The van der Waals surface area contributed by atoms with E-state index in [4.69, 9.17) is 0 Å². The number of hydrogen-bond donors (Lipinski definition) is 1. The Morgan fingerprint density at radius 1 is 1.35 bits per heavy atom. The Labute approximate surface area is 125 Å². The standard InChI is InChI=1S/C16H22N2OS/c1-10-6-7-13-12(8-10)17-15(3,4)9-16(5)18(13)14(19)11(2)20-16/h6-8,11,17H,9H2,1-5H3. The normalized spacial score (nSPS) is 31.4. The van der Waals surface area contributed by atoms with E-state index in [2.05, 4.69) is 51.2 Å². The molecule has 0 bridgehead atoms. The monoisotopic (exact) mass is 290 g/mol. The summed E-state index contributed by atoms with van der Waals surface area (Å²) in [6.45, 7) is 10.7. The molecule has 1 aromatic rings. The lowest BCUT2D eigenvalue weighted by atomic mass is 9.95. The van der Waals surface area contributed by atoms with Crippen molar-refractivity contribution in [2.45, 2.75) is 56.7 Å². The number of carbonyl (C=O) groups excluding carboxylic acids is 1. The minimum absolute atomic E-state index is 0.0306. The Balaban J connectivity index is 2.21. The molecule has 3 nitrogen and oxygen atoms in total. The Hall–Kier alpha value is -1.16. The molecule has 0 spiro atoms. The summed E-state index contributed by atoms with van der Waals surface area (Å²) in [6, 6.07) is 6.30. The van der Waals surface area contributed by atoms with Crippen molar-refractivity contribution < 1.29 is 4.79 Å². The van der Waals surface area contributed by atoms with Gasteiger partial charge in [-0.3, -0.25) is 9.69 Å². The number of thioether (sulfide) groups is 1. The fourth-order valence-electron chi connectivity index (χ4n) is 3.57. The van der Waals surface area contributed by atoms with Gasteiger partial charge in [0.15, 0.2) is 0 Å². The van der Waals surface area contributed by atoms with Gasteiger partial charge in [-0.15, -0.1) is 11.8 Å². The van der Waals surface area contributed by atoms with Gasteiger partial charge in [-0.2, -0.15) is 0 Å². The highest BCUT2D eigenvalue weighted by atomic mass is 32.2. The number of carbonyl (C=O) groups is 1. The number of nitrogens with one attached hydrogen (secondary N) is 1. The third-order valence-corrected chi connectivity index (χ3v) is 5.50. The third-order valence-electron chi connectivity index (χ3n) is 4.11. The van der Waals surface area contributed by atoms with Crippen molar-refractivity contribution in [3.63, 3.8) is 0 Å². The van der Waals surface area contributed by atoms with E-state index in [1.54, 1.807) is 11.8 Å². The van der Waals surface area contributed by atoms with Crippen molar-refractivity contribution in [2.24, 2.45) is 0 Å². The number of amides is 1. The Bertz CT molecular complexity index is 584. The maximum absolute atomic E-state index is 12.6. The van der Waals surface area contributed by atoms with E-state index in [0.29, 0.717) is 0 Å². The van der Waals surface area contributed by atoms with Crippen LogP contribution in [0.2, 0.25) is 0 Å². The van der Waals surface area contributed by atoms with E-state index in [9.17, 15) is 4.79 Å². The molecule has 2 aliphatic rings. The average molecular weight is 290 g/mol. The SMILES string of the molecule is Cc1ccc2c(c1)NC(C)(C)CC1(C)SC(C)C(=O)N21. The highest BCUT2D eigenvalue weighted by Gasteiger charge is 2.52. The smallest absolute Gasteiger partial charge is 0.241 e. The van der Waals surface area contributed by atoms with Crippen LogP contribution in [-0.2, 0) is 4.79 Å². The van der Waals surface area contributed by atoms with Gasteiger partial charge in [0, 0.05) is 12.0 Å². The second-order valence-corrected chi connectivity index (χ2v) is 8.64. The third kappa shape index (κ3) is 2.01. The molecule has 1 fully saturated rings. The van der Waals surface area contributed by atoms with Gasteiger partial charge in [-0.05, 0) is 52.3 Å². The summed E-state index contributed by atoms with van der Waals surface area (Å²) in [5.74, 6) is 0.224. The van der Waals surface area contributed by atoms with E-state index in [1.165, 1.54) is 5.56 Å². The zero-order chi connectivity index (χ0) is 14.7. The lowest BCUT2D eigenvalue weighted by molar-refractivity contribution is -0.117. The van der Waals surface area contributed by atoms with E-state index in [0.717, 1.165) is 17.8 Å². The van der Waals surface area contributed by atoms with Gasteiger partial charge < -0.3 is 5.32 Å². The van der Waals surface area contributed by atoms with Gasteiger partial charge in [0.1, 0.15) is 0 Å². The second kappa shape index (κ2) is 4.17. The Morgan fingerprint density at radius 2 is 2.05 bits per heavy atom. The van der Waals surface area contributed by atoms with E-state index in [-0.39, 0.29) is 21.6 Å². The quantitative estimate of drug-likeness (QED) is 0.789. The van der Waals surface area contributed by atoms with Crippen LogP contribution in [0, 0.1) is 6.92 Å². The fraction of sp³-hybridized carbons (Fsp3) is 0.562. The predicted octanol–water partition coefficient (Wildman–Crippen LogP) is 3.77. The first-order chi connectivity index (χ1) is 9.22. The first kappa shape index (κ1) is 13.8. The summed E-state index contributed by atoms with van der Waals surface area (Å²) >= 11 is 1.78. The molecule has 1 aromatic carbocycles. The number of fused-ring (bicyclic) bond motifs is 3. The van der Waals surface area contributed by atoms with Gasteiger partial charge in [-0.1, -0.05) is 6.07 Å². The molecule has 1 amide bonds. The average Bonchev–Trinajstić information content (AvgIpc) is 2.45. The summed E-state index contributed by atoms with van der Waals surface area (Å²) in [6.07, 6.45) is 0.925. The maximum Gasteiger partial charge on any atom is 0.241 e. The van der Waals surface area contributed by atoms with Crippen LogP contribution in [0.1, 0.15) is 39.7 Å². The number of aryl methyl sites for hydroxylation is 1. The largest absolute Gasteiger partial charge is 0.378 e. The molecule has 0 aliphatic carbocycles. The molecule has 0 radical (unpaired) electrons. The second-order valence-electron chi connectivity index (χ2n) is 6.82. The molecule has 20 heavy (non-hydrogen) atoms. The molecular weight excluding hydrogens is 268 g/mol. The van der Waals surface area contributed by atoms with E-state index >= 15 is 0 Å². The summed E-state index contributed by atoms with van der Waals surface area (Å²) in [5, 5.41) is 3.65. The van der Waals surface area contributed by atoms with Crippen molar-refractivity contribution in [3.8, 4) is 0 Å². The number of hydrogen-bond acceptors (Lipinski definition) is 3. The predicted molar refractivity (Wildman–Crippen MR) is 86.4 cm³/mol. The minimum Gasteiger partial charge on any atom is -0.378 e. The van der Waals surface area contributed by atoms with Crippen LogP contribution < -0.4 is 10.2 Å². The van der Waals surface area contributed by atoms with Gasteiger partial charge in [0.05, 0.1) is 21.5 Å². The lowest BCUT2D eigenvalue weighted by Crippen LogP contribution is -2.46. The lowest BCUT2D eigenvalue weighted by Gasteiger charge is -2.36. The minimum atomic E-state index is -0.173. The number of rotatable bonds is 0. The van der Waals surface area contributed by atoms with Crippen molar-refractivity contribution in [1.82, 2.24) is 0 Å². The molecule has 2 unspecified atom stereocenters. The Morgan fingerprint density at radius 3 is 2.75 bits per heavy atom. The van der Waals surface area contributed by atoms with Gasteiger partial charge >= 0.3 is 0 Å². The van der Waals surface area contributed by atoms with E-state index in [1.807, 2.05) is 11.8 Å². The zero-order valence-electron chi connectivity index (χ0n) is 12.8. The van der Waals surface area contributed by atoms with Crippen molar-refractivity contribution in [1.29, 1.82) is 0 Å². The Kier molecular flexibility index (Phi) is 2.88. The van der Waals surface area contributed by atoms with Crippen LogP contribution in [0.25, 0.3) is 0 Å². The zero-order valence-corrected chi connectivity index (χ0v) is 13.6. The van der Waals surface area contributed by atoms with Crippen LogP contribution in [-0.4, -0.2) is 21.6 Å². The van der Waals surface area contributed by atoms with Crippen LogP contribution in [0.5, 0.6) is 0 Å². The molecule has 2 atom stereocenters. The van der Waals surface area contributed by atoms with Crippen molar-refractivity contribution in [3.05, 3.63) is 23.8 Å². The number of anilines is 2. The summed E-state index contributed by atoms with van der Waals surface area (Å²) in [7, 11) is 0. The van der Waals surface area contributed by atoms with Crippen molar-refractivity contribution in [2.75, 3.05) is 10.2 Å². The number of nitrogens with zero attached hydrogens (tertiary/aromatic N) is 1. The molecule has 108 valence electrons. The molecule has 1 saturated heterocycles. The molecule has 3 rings (SSSR count). The van der Waals surface area contributed by atoms with Crippen LogP contribution >= 0.6 is 11.8 Å². The fourth-order valence-corrected chi connectivity index (χ4v) is 5.27. The molecule has 4 heteroatoms. The molecule has 0 aromatic heterocycles. The maximum atomic E-state index is 12.6. The summed E-state index contributed by atoms with van der Waals surface area (Å²) in [4.78, 5) is 14.5. The first-order valence-electron chi connectivity index (χ1n) is 7.13. The number of benzene rings is 1. The molecule has 2 heterocycles. The van der Waals surface area contributed by atoms with Crippen LogP contribution in [0.3, 0.4) is 0 Å². The summed E-state index contributed by atoms with van der Waals surface area (Å²) in [5.41, 5.74) is 3.26. The van der Waals surface area contributed by atoms with Crippen molar-refractivity contribution >= 4 is 29.0 Å².